The predicted octanol–water partition coefficient (Wildman–Crippen LogP) is 6.82. The maximum absolute atomic E-state index is 13.2. The van der Waals surface area contributed by atoms with Crippen molar-refractivity contribution in [3.8, 4) is 5.75 Å². The van der Waals surface area contributed by atoms with Gasteiger partial charge in [0.1, 0.15) is 5.75 Å². The van der Waals surface area contributed by atoms with Gasteiger partial charge in [-0.15, -0.1) is 0 Å². The second-order valence-electron chi connectivity index (χ2n) is 9.68. The summed E-state index contributed by atoms with van der Waals surface area (Å²) in [6, 6.07) is 17.0. The average Bonchev–Trinajstić information content (AvgIpc) is 2.81. The number of rotatable bonds is 6. The van der Waals surface area contributed by atoms with Crippen LogP contribution in [0.15, 0.2) is 48.5 Å². The SMILES string of the molecule is CCOc1ccc(CN2CCCCCCCCN(C(=O)CC(C)C)c3ccccc3C2)cc1. The second-order valence-corrected chi connectivity index (χ2v) is 9.68. The lowest BCUT2D eigenvalue weighted by molar-refractivity contribution is -0.119. The Morgan fingerprint density at radius 1 is 0.909 bits per heavy atom. The van der Waals surface area contributed by atoms with Crippen molar-refractivity contribution in [3.05, 3.63) is 59.7 Å². The quantitative estimate of drug-likeness (QED) is 0.484. The smallest absolute Gasteiger partial charge is 0.227 e. The molecule has 1 heterocycles. The lowest BCUT2D eigenvalue weighted by Gasteiger charge is -2.29. The van der Waals surface area contributed by atoms with E-state index in [1.54, 1.807) is 0 Å². The molecule has 0 spiro atoms. The summed E-state index contributed by atoms with van der Waals surface area (Å²) >= 11 is 0. The molecule has 0 saturated heterocycles. The van der Waals surface area contributed by atoms with Crippen LogP contribution in [0.4, 0.5) is 5.69 Å². The third-order valence-electron chi connectivity index (χ3n) is 6.31. The van der Waals surface area contributed by atoms with Gasteiger partial charge in [-0.3, -0.25) is 9.69 Å². The fraction of sp³-hybridized carbons (Fsp3) is 0.552. The molecule has 0 aromatic heterocycles. The van der Waals surface area contributed by atoms with Crippen LogP contribution in [-0.4, -0.2) is 30.5 Å². The van der Waals surface area contributed by atoms with Gasteiger partial charge in [0.05, 0.1) is 6.61 Å². The topological polar surface area (TPSA) is 32.8 Å². The maximum atomic E-state index is 13.2. The van der Waals surface area contributed by atoms with E-state index in [-0.39, 0.29) is 5.91 Å². The summed E-state index contributed by atoms with van der Waals surface area (Å²) < 4.78 is 5.61. The Bertz CT molecular complexity index is 847. The highest BCUT2D eigenvalue weighted by Crippen LogP contribution is 2.26. The van der Waals surface area contributed by atoms with Crippen LogP contribution in [0.5, 0.6) is 5.75 Å². The minimum Gasteiger partial charge on any atom is -0.494 e. The number of hydrogen-bond donors (Lipinski definition) is 0. The van der Waals surface area contributed by atoms with Crippen LogP contribution in [0, 0.1) is 5.92 Å². The Kier molecular flexibility index (Phi) is 10.3. The van der Waals surface area contributed by atoms with Gasteiger partial charge >= 0.3 is 0 Å². The van der Waals surface area contributed by atoms with Crippen molar-refractivity contribution in [2.24, 2.45) is 5.92 Å². The van der Waals surface area contributed by atoms with Crippen LogP contribution in [0.1, 0.15) is 76.8 Å². The molecule has 33 heavy (non-hydrogen) atoms. The van der Waals surface area contributed by atoms with Gasteiger partial charge in [-0.05, 0) is 61.6 Å². The van der Waals surface area contributed by atoms with Crippen molar-refractivity contribution >= 4 is 11.6 Å². The van der Waals surface area contributed by atoms with Crippen LogP contribution < -0.4 is 9.64 Å². The molecule has 0 unspecified atom stereocenters. The average molecular weight is 451 g/mol. The number of para-hydroxylation sites is 1. The summed E-state index contributed by atoms with van der Waals surface area (Å²) in [5.41, 5.74) is 3.65. The zero-order valence-electron chi connectivity index (χ0n) is 20.9. The highest BCUT2D eigenvalue weighted by Gasteiger charge is 2.21. The summed E-state index contributed by atoms with van der Waals surface area (Å²) in [5, 5.41) is 0. The number of carbonyl (C=O) groups is 1. The van der Waals surface area contributed by atoms with Gasteiger partial charge in [-0.2, -0.15) is 0 Å². The molecule has 0 radical (unpaired) electrons. The number of ether oxygens (including phenoxy) is 1. The Morgan fingerprint density at radius 2 is 1.58 bits per heavy atom. The first-order valence-electron chi connectivity index (χ1n) is 12.9. The van der Waals surface area contributed by atoms with E-state index in [2.05, 4.69) is 72.2 Å². The van der Waals surface area contributed by atoms with Gasteiger partial charge in [0.15, 0.2) is 0 Å². The van der Waals surface area contributed by atoms with Crippen molar-refractivity contribution in [2.45, 2.75) is 78.8 Å². The van der Waals surface area contributed by atoms with Crippen molar-refractivity contribution in [1.29, 1.82) is 0 Å². The van der Waals surface area contributed by atoms with E-state index >= 15 is 0 Å². The molecular formula is C29H42N2O2. The molecule has 0 aliphatic carbocycles. The third-order valence-corrected chi connectivity index (χ3v) is 6.31. The first-order valence-corrected chi connectivity index (χ1v) is 12.9. The molecule has 0 N–H and O–H groups in total. The summed E-state index contributed by atoms with van der Waals surface area (Å²) in [6.07, 6.45) is 7.91. The Balaban J connectivity index is 1.84. The molecule has 2 aromatic rings. The molecule has 1 amide bonds. The van der Waals surface area contributed by atoms with Gasteiger partial charge in [-0.1, -0.05) is 69.9 Å². The van der Waals surface area contributed by atoms with Gasteiger partial charge in [0.2, 0.25) is 5.91 Å². The number of anilines is 1. The van der Waals surface area contributed by atoms with Gasteiger partial charge in [0, 0.05) is 31.7 Å². The number of fused-ring (bicyclic) bond motifs is 1. The number of amides is 1. The number of hydrogen-bond acceptors (Lipinski definition) is 3. The summed E-state index contributed by atoms with van der Waals surface area (Å²) in [7, 11) is 0. The van der Waals surface area contributed by atoms with Gasteiger partial charge in [0.25, 0.3) is 0 Å². The van der Waals surface area contributed by atoms with E-state index in [0.717, 1.165) is 44.0 Å². The molecule has 180 valence electrons. The number of benzene rings is 2. The first kappa shape index (κ1) is 25.3. The van der Waals surface area contributed by atoms with Crippen molar-refractivity contribution in [2.75, 3.05) is 24.6 Å². The summed E-state index contributed by atoms with van der Waals surface area (Å²) in [5.74, 6) is 1.55. The molecule has 0 fully saturated rings. The molecule has 0 bridgehead atoms. The van der Waals surface area contributed by atoms with Crippen LogP contribution >= 0.6 is 0 Å². The number of carbonyl (C=O) groups excluding carboxylic acids is 1. The van der Waals surface area contributed by atoms with Crippen molar-refractivity contribution < 1.29 is 9.53 Å². The zero-order valence-corrected chi connectivity index (χ0v) is 20.9. The van der Waals surface area contributed by atoms with Crippen LogP contribution in [0.2, 0.25) is 0 Å². The zero-order chi connectivity index (χ0) is 23.5. The molecule has 0 saturated carbocycles. The van der Waals surface area contributed by atoms with Crippen LogP contribution in [0.25, 0.3) is 0 Å². The van der Waals surface area contributed by atoms with E-state index in [0.29, 0.717) is 18.9 Å². The Labute approximate surface area is 200 Å². The van der Waals surface area contributed by atoms with Crippen LogP contribution in [-0.2, 0) is 17.9 Å². The standard InChI is InChI=1S/C29H42N2O2/c1-4-33-27-17-15-25(16-18-27)22-30-19-11-7-5-6-8-12-20-31(29(32)21-24(2)3)28-14-10-9-13-26(28)23-30/h9-10,13-18,24H,4-8,11-12,19-23H2,1-3H3. The Morgan fingerprint density at radius 3 is 2.27 bits per heavy atom. The molecule has 4 nitrogen and oxygen atoms in total. The van der Waals surface area contributed by atoms with E-state index in [4.69, 9.17) is 4.74 Å². The fourth-order valence-corrected chi connectivity index (χ4v) is 4.63. The molecule has 4 heteroatoms. The van der Waals surface area contributed by atoms with E-state index in [9.17, 15) is 4.79 Å². The van der Waals surface area contributed by atoms with Gasteiger partial charge < -0.3 is 9.64 Å². The lowest BCUT2D eigenvalue weighted by atomic mass is 10.1. The van der Waals surface area contributed by atoms with Crippen molar-refractivity contribution in [3.63, 3.8) is 0 Å². The molecule has 0 atom stereocenters. The molecule has 3 rings (SSSR count). The highest BCUT2D eigenvalue weighted by molar-refractivity contribution is 5.94. The molecule has 1 aliphatic heterocycles. The molecule has 1 aliphatic rings. The highest BCUT2D eigenvalue weighted by atomic mass is 16.5. The molecular weight excluding hydrogens is 408 g/mol. The first-order chi connectivity index (χ1) is 16.1. The monoisotopic (exact) mass is 450 g/mol. The minimum atomic E-state index is 0.255. The third kappa shape index (κ3) is 8.19. The predicted molar refractivity (Wildman–Crippen MR) is 138 cm³/mol. The summed E-state index contributed by atoms with van der Waals surface area (Å²) in [6.45, 7) is 10.6. The molecule has 2 aromatic carbocycles. The lowest BCUT2D eigenvalue weighted by Crippen LogP contribution is -2.34. The van der Waals surface area contributed by atoms with Crippen LogP contribution in [0.3, 0.4) is 0 Å². The second kappa shape index (κ2) is 13.4. The Hall–Kier alpha value is -2.33. The van der Waals surface area contributed by atoms with E-state index < -0.39 is 0 Å². The van der Waals surface area contributed by atoms with E-state index in [1.165, 1.54) is 43.2 Å². The fourth-order valence-electron chi connectivity index (χ4n) is 4.63. The normalized spacial score (nSPS) is 16.4. The van der Waals surface area contributed by atoms with Crippen molar-refractivity contribution in [1.82, 2.24) is 4.90 Å². The largest absolute Gasteiger partial charge is 0.494 e. The maximum Gasteiger partial charge on any atom is 0.227 e. The summed E-state index contributed by atoms with van der Waals surface area (Å²) in [4.78, 5) is 17.8. The number of nitrogens with zero attached hydrogens (tertiary/aromatic N) is 2. The minimum absolute atomic E-state index is 0.255. The van der Waals surface area contributed by atoms with Gasteiger partial charge in [-0.25, -0.2) is 0 Å². The van der Waals surface area contributed by atoms with E-state index in [1.807, 2.05) is 6.92 Å².